The molecule has 116 valence electrons. The summed E-state index contributed by atoms with van der Waals surface area (Å²) < 4.78 is 5.73. The number of rotatable bonds is 6. The lowest BCUT2D eigenvalue weighted by molar-refractivity contribution is -0.112. The molecule has 2 aromatic rings. The van der Waals surface area contributed by atoms with E-state index < -0.39 is 0 Å². The quantitative estimate of drug-likeness (QED) is 0.635. The predicted molar refractivity (Wildman–Crippen MR) is 92.6 cm³/mol. The van der Waals surface area contributed by atoms with Crippen molar-refractivity contribution in [3.63, 3.8) is 0 Å². The summed E-state index contributed by atoms with van der Waals surface area (Å²) >= 11 is 0. The van der Waals surface area contributed by atoms with Crippen LogP contribution in [-0.2, 0) is 4.79 Å². The van der Waals surface area contributed by atoms with Crippen molar-refractivity contribution in [1.29, 1.82) is 0 Å². The minimum Gasteiger partial charge on any atom is -0.457 e. The van der Waals surface area contributed by atoms with Gasteiger partial charge in [-0.3, -0.25) is 9.78 Å². The Morgan fingerprint density at radius 3 is 2.52 bits per heavy atom. The second kappa shape index (κ2) is 7.75. The summed E-state index contributed by atoms with van der Waals surface area (Å²) in [6.07, 6.45) is 6.33. The summed E-state index contributed by atoms with van der Waals surface area (Å²) in [6, 6.07) is 10.8. The van der Waals surface area contributed by atoms with Crippen LogP contribution in [0.3, 0.4) is 0 Å². The van der Waals surface area contributed by atoms with Crippen LogP contribution in [0.15, 0.2) is 79.6 Å². The Morgan fingerprint density at radius 2 is 1.91 bits per heavy atom. The largest absolute Gasteiger partial charge is 0.457 e. The first-order chi connectivity index (χ1) is 11.1. The standard InChI is InChI=1S/C19H18N2O2/c1-4-6-15(5-2)19(22)21-16-7-9-17(10-8-16)23-18-11-12-20-14(3)13-18/h4-13H,1-2H2,3H3,(H,21,22)/b15-6+. The maximum atomic E-state index is 12.0. The van der Waals surface area contributed by atoms with Crippen LogP contribution in [0.5, 0.6) is 11.5 Å². The number of benzene rings is 1. The van der Waals surface area contributed by atoms with Gasteiger partial charge >= 0.3 is 0 Å². The molecule has 0 aliphatic rings. The number of anilines is 1. The number of aromatic nitrogens is 1. The summed E-state index contributed by atoms with van der Waals surface area (Å²) in [5.74, 6) is 1.16. The highest BCUT2D eigenvalue weighted by molar-refractivity contribution is 6.05. The Morgan fingerprint density at radius 1 is 1.17 bits per heavy atom. The molecule has 0 aliphatic carbocycles. The number of allylic oxidation sites excluding steroid dienone is 2. The zero-order valence-electron chi connectivity index (χ0n) is 13.0. The number of ether oxygens (including phenoxy) is 1. The van der Waals surface area contributed by atoms with Crippen molar-refractivity contribution in [1.82, 2.24) is 4.98 Å². The fourth-order valence-electron chi connectivity index (χ4n) is 1.89. The van der Waals surface area contributed by atoms with Gasteiger partial charge in [-0.1, -0.05) is 31.4 Å². The number of hydrogen-bond donors (Lipinski definition) is 1. The third-order valence-electron chi connectivity index (χ3n) is 3.00. The zero-order chi connectivity index (χ0) is 16.7. The van der Waals surface area contributed by atoms with Crippen LogP contribution in [0.1, 0.15) is 5.69 Å². The number of carbonyl (C=O) groups excluding carboxylic acids is 1. The minimum absolute atomic E-state index is 0.238. The van der Waals surface area contributed by atoms with Gasteiger partial charge in [0, 0.05) is 29.2 Å². The molecule has 0 spiro atoms. The van der Waals surface area contributed by atoms with Gasteiger partial charge in [-0.15, -0.1) is 0 Å². The van der Waals surface area contributed by atoms with Gasteiger partial charge in [0.15, 0.2) is 0 Å². The summed E-state index contributed by atoms with van der Waals surface area (Å²) in [6.45, 7) is 9.08. The topological polar surface area (TPSA) is 51.2 Å². The first-order valence-corrected chi connectivity index (χ1v) is 7.09. The molecule has 4 nitrogen and oxygen atoms in total. The van der Waals surface area contributed by atoms with Crippen LogP contribution in [0, 0.1) is 6.92 Å². The maximum absolute atomic E-state index is 12.0. The Bertz CT molecular complexity index is 746. The number of aryl methyl sites for hydroxylation is 1. The van der Waals surface area contributed by atoms with Gasteiger partial charge in [-0.25, -0.2) is 0 Å². The van der Waals surface area contributed by atoms with Crippen molar-refractivity contribution in [2.75, 3.05) is 5.32 Å². The molecule has 1 heterocycles. The molecule has 0 unspecified atom stereocenters. The van der Waals surface area contributed by atoms with E-state index in [-0.39, 0.29) is 5.91 Å². The smallest absolute Gasteiger partial charge is 0.255 e. The van der Waals surface area contributed by atoms with Crippen molar-refractivity contribution in [3.05, 3.63) is 85.2 Å². The van der Waals surface area contributed by atoms with Crippen molar-refractivity contribution in [2.45, 2.75) is 6.92 Å². The monoisotopic (exact) mass is 306 g/mol. The minimum atomic E-state index is -0.238. The average Bonchev–Trinajstić information content (AvgIpc) is 2.54. The lowest BCUT2D eigenvalue weighted by Gasteiger charge is -2.08. The maximum Gasteiger partial charge on any atom is 0.255 e. The molecule has 1 aromatic heterocycles. The fourth-order valence-corrected chi connectivity index (χ4v) is 1.89. The number of carbonyl (C=O) groups is 1. The lowest BCUT2D eigenvalue weighted by Crippen LogP contribution is -2.12. The molecule has 23 heavy (non-hydrogen) atoms. The lowest BCUT2D eigenvalue weighted by atomic mass is 10.2. The Kier molecular flexibility index (Phi) is 5.47. The van der Waals surface area contributed by atoms with Gasteiger partial charge in [0.2, 0.25) is 0 Å². The molecular formula is C19H18N2O2. The van der Waals surface area contributed by atoms with E-state index in [2.05, 4.69) is 23.5 Å². The van der Waals surface area contributed by atoms with Crippen LogP contribution >= 0.6 is 0 Å². The summed E-state index contributed by atoms with van der Waals surface area (Å²) in [4.78, 5) is 16.1. The second-order valence-electron chi connectivity index (χ2n) is 4.78. The Hall–Kier alpha value is -3.14. The average molecular weight is 306 g/mol. The van der Waals surface area contributed by atoms with E-state index in [4.69, 9.17) is 4.74 Å². The molecule has 0 saturated carbocycles. The Balaban J connectivity index is 2.05. The normalized spacial score (nSPS) is 10.7. The van der Waals surface area contributed by atoms with E-state index in [1.54, 1.807) is 48.7 Å². The van der Waals surface area contributed by atoms with Gasteiger partial charge in [0.1, 0.15) is 11.5 Å². The molecule has 2 rings (SSSR count). The predicted octanol–water partition coefficient (Wildman–Crippen LogP) is 4.42. The molecule has 0 atom stereocenters. The Labute approximate surface area is 135 Å². The number of amides is 1. The third kappa shape index (κ3) is 4.68. The van der Waals surface area contributed by atoms with E-state index in [1.165, 1.54) is 6.08 Å². The number of nitrogens with one attached hydrogen (secondary N) is 1. The number of hydrogen-bond acceptors (Lipinski definition) is 3. The van der Waals surface area contributed by atoms with E-state index in [0.29, 0.717) is 17.0 Å². The zero-order valence-corrected chi connectivity index (χ0v) is 13.0. The molecule has 1 N–H and O–H groups in total. The molecule has 0 saturated heterocycles. The van der Waals surface area contributed by atoms with Crippen molar-refractivity contribution in [3.8, 4) is 11.5 Å². The van der Waals surface area contributed by atoms with Gasteiger partial charge < -0.3 is 10.1 Å². The van der Waals surface area contributed by atoms with Crippen molar-refractivity contribution >= 4 is 11.6 Å². The van der Waals surface area contributed by atoms with E-state index in [1.807, 2.05) is 13.0 Å². The molecule has 0 aliphatic heterocycles. The van der Waals surface area contributed by atoms with E-state index in [9.17, 15) is 4.79 Å². The van der Waals surface area contributed by atoms with Gasteiger partial charge in [0.25, 0.3) is 5.91 Å². The summed E-state index contributed by atoms with van der Waals surface area (Å²) in [5.41, 5.74) is 2.01. The molecule has 1 aromatic carbocycles. The van der Waals surface area contributed by atoms with Crippen LogP contribution in [0.2, 0.25) is 0 Å². The summed E-state index contributed by atoms with van der Waals surface area (Å²) in [7, 11) is 0. The number of nitrogens with zero attached hydrogens (tertiary/aromatic N) is 1. The van der Waals surface area contributed by atoms with Crippen LogP contribution in [-0.4, -0.2) is 10.9 Å². The molecule has 0 fully saturated rings. The first kappa shape index (κ1) is 16.2. The first-order valence-electron chi connectivity index (χ1n) is 7.09. The van der Waals surface area contributed by atoms with Gasteiger partial charge in [-0.05, 0) is 37.3 Å². The van der Waals surface area contributed by atoms with Crippen LogP contribution in [0.25, 0.3) is 0 Å². The van der Waals surface area contributed by atoms with Crippen molar-refractivity contribution < 1.29 is 9.53 Å². The summed E-state index contributed by atoms with van der Waals surface area (Å²) in [5, 5.41) is 2.79. The molecule has 0 radical (unpaired) electrons. The SMILES string of the molecule is C=C/C=C(\C=C)C(=O)Nc1ccc(Oc2ccnc(C)c2)cc1. The third-order valence-corrected chi connectivity index (χ3v) is 3.00. The molecular weight excluding hydrogens is 288 g/mol. The highest BCUT2D eigenvalue weighted by Gasteiger charge is 2.06. The molecule has 0 bridgehead atoms. The molecule has 1 amide bonds. The highest BCUT2D eigenvalue weighted by Crippen LogP contribution is 2.23. The van der Waals surface area contributed by atoms with E-state index >= 15 is 0 Å². The fraction of sp³-hybridized carbons (Fsp3) is 0.0526. The van der Waals surface area contributed by atoms with Gasteiger partial charge in [0.05, 0.1) is 0 Å². The van der Waals surface area contributed by atoms with Crippen molar-refractivity contribution in [2.24, 2.45) is 0 Å². The van der Waals surface area contributed by atoms with Crippen LogP contribution < -0.4 is 10.1 Å². The number of pyridine rings is 1. The molecule has 4 heteroatoms. The van der Waals surface area contributed by atoms with Crippen LogP contribution in [0.4, 0.5) is 5.69 Å². The van der Waals surface area contributed by atoms with Gasteiger partial charge in [-0.2, -0.15) is 0 Å². The highest BCUT2D eigenvalue weighted by atomic mass is 16.5. The second-order valence-corrected chi connectivity index (χ2v) is 4.78. The van der Waals surface area contributed by atoms with E-state index in [0.717, 1.165) is 11.4 Å².